The van der Waals surface area contributed by atoms with Crippen molar-refractivity contribution in [1.29, 1.82) is 0 Å². The lowest BCUT2D eigenvalue weighted by atomic mass is 10.3. The van der Waals surface area contributed by atoms with E-state index in [0.717, 1.165) is 24.5 Å². The molecule has 0 aliphatic rings. The molecular formula is C20H30N2O2Si. The Morgan fingerprint density at radius 1 is 0.760 bits per heavy atom. The SMILES string of the molecule is COCCNc1cccc([Si](C)(C)c2cccc(NCCOC)c2)c1. The number of benzene rings is 2. The molecule has 0 bridgehead atoms. The second-order valence-electron chi connectivity index (χ2n) is 6.63. The molecule has 0 saturated carbocycles. The molecule has 2 aromatic rings. The first-order valence-electron chi connectivity index (χ1n) is 8.74. The van der Waals surface area contributed by atoms with Gasteiger partial charge in [-0.15, -0.1) is 0 Å². The maximum Gasteiger partial charge on any atom is 0.112 e. The molecule has 0 aromatic heterocycles. The molecule has 0 unspecified atom stereocenters. The van der Waals surface area contributed by atoms with Crippen LogP contribution in [0.2, 0.25) is 13.1 Å². The summed E-state index contributed by atoms with van der Waals surface area (Å²) in [7, 11) is 1.69. The fourth-order valence-electron chi connectivity index (χ4n) is 2.80. The highest BCUT2D eigenvalue weighted by molar-refractivity contribution is 7.00. The first-order chi connectivity index (χ1) is 12.1. The summed E-state index contributed by atoms with van der Waals surface area (Å²) in [6.45, 7) is 7.85. The van der Waals surface area contributed by atoms with Crippen LogP contribution in [0.4, 0.5) is 11.4 Å². The smallest absolute Gasteiger partial charge is 0.112 e. The van der Waals surface area contributed by atoms with Gasteiger partial charge in [0.2, 0.25) is 0 Å². The van der Waals surface area contributed by atoms with Gasteiger partial charge in [0.1, 0.15) is 8.07 Å². The van der Waals surface area contributed by atoms with Gasteiger partial charge in [-0.3, -0.25) is 0 Å². The first kappa shape index (κ1) is 19.5. The Morgan fingerprint density at radius 3 is 1.60 bits per heavy atom. The maximum absolute atomic E-state index is 5.11. The summed E-state index contributed by atoms with van der Waals surface area (Å²) >= 11 is 0. The van der Waals surface area contributed by atoms with Crippen molar-refractivity contribution < 1.29 is 9.47 Å². The highest BCUT2D eigenvalue weighted by Gasteiger charge is 2.26. The number of nitrogens with one attached hydrogen (secondary N) is 2. The van der Waals surface area contributed by atoms with E-state index in [1.807, 2.05) is 0 Å². The molecule has 0 aliphatic carbocycles. The van der Waals surface area contributed by atoms with Crippen molar-refractivity contribution in [2.75, 3.05) is 51.2 Å². The minimum atomic E-state index is -1.76. The molecule has 2 N–H and O–H groups in total. The Kier molecular flexibility index (Phi) is 7.49. The minimum absolute atomic E-state index is 0.709. The zero-order valence-electron chi connectivity index (χ0n) is 15.8. The normalized spacial score (nSPS) is 11.4. The summed E-state index contributed by atoms with van der Waals surface area (Å²) in [5.74, 6) is 0. The Morgan fingerprint density at radius 2 is 1.20 bits per heavy atom. The van der Waals surface area contributed by atoms with E-state index in [2.05, 4.69) is 72.3 Å². The molecule has 4 nitrogen and oxygen atoms in total. The van der Waals surface area contributed by atoms with Crippen molar-refractivity contribution in [2.45, 2.75) is 13.1 Å². The van der Waals surface area contributed by atoms with Crippen LogP contribution in [0, 0.1) is 0 Å². The van der Waals surface area contributed by atoms with Gasteiger partial charge in [-0.25, -0.2) is 0 Å². The van der Waals surface area contributed by atoms with Crippen LogP contribution < -0.4 is 21.0 Å². The van der Waals surface area contributed by atoms with E-state index in [1.165, 1.54) is 10.4 Å². The van der Waals surface area contributed by atoms with Crippen LogP contribution in [0.1, 0.15) is 0 Å². The van der Waals surface area contributed by atoms with Gasteiger partial charge in [0.25, 0.3) is 0 Å². The average Bonchev–Trinajstić information content (AvgIpc) is 2.63. The minimum Gasteiger partial charge on any atom is -0.383 e. The van der Waals surface area contributed by atoms with E-state index < -0.39 is 8.07 Å². The van der Waals surface area contributed by atoms with Gasteiger partial charge in [-0.05, 0) is 24.3 Å². The third-order valence-electron chi connectivity index (χ3n) is 4.44. The standard InChI is InChI=1S/C20H30N2O2Si/c1-23-13-11-21-17-7-5-9-19(15-17)25(3,4)20-10-6-8-18(16-20)22-12-14-24-2/h5-10,15-16,21-22H,11-14H2,1-4H3. The zero-order valence-corrected chi connectivity index (χ0v) is 16.8. The molecular weight excluding hydrogens is 328 g/mol. The van der Waals surface area contributed by atoms with Crippen molar-refractivity contribution in [1.82, 2.24) is 0 Å². The van der Waals surface area contributed by atoms with E-state index in [0.29, 0.717) is 13.2 Å². The van der Waals surface area contributed by atoms with Crippen molar-refractivity contribution in [3.63, 3.8) is 0 Å². The fourth-order valence-corrected chi connectivity index (χ4v) is 5.19. The lowest BCUT2D eigenvalue weighted by Crippen LogP contribution is -2.52. The highest BCUT2D eigenvalue weighted by Crippen LogP contribution is 2.13. The topological polar surface area (TPSA) is 42.5 Å². The summed E-state index contributed by atoms with van der Waals surface area (Å²) in [6.07, 6.45) is 0. The van der Waals surface area contributed by atoms with Crippen LogP contribution in [0.5, 0.6) is 0 Å². The van der Waals surface area contributed by atoms with Crippen molar-refractivity contribution in [3.05, 3.63) is 48.5 Å². The molecule has 0 spiro atoms. The van der Waals surface area contributed by atoms with Gasteiger partial charge < -0.3 is 20.1 Å². The predicted octanol–water partition coefficient (Wildman–Crippen LogP) is 2.63. The van der Waals surface area contributed by atoms with E-state index in [1.54, 1.807) is 14.2 Å². The van der Waals surface area contributed by atoms with Gasteiger partial charge in [0.15, 0.2) is 0 Å². The van der Waals surface area contributed by atoms with Crippen LogP contribution in [0.3, 0.4) is 0 Å². The van der Waals surface area contributed by atoms with E-state index >= 15 is 0 Å². The number of rotatable bonds is 10. The van der Waals surface area contributed by atoms with Crippen LogP contribution in [-0.2, 0) is 9.47 Å². The largest absolute Gasteiger partial charge is 0.383 e. The molecule has 0 atom stereocenters. The molecule has 0 heterocycles. The van der Waals surface area contributed by atoms with Crippen LogP contribution in [0.25, 0.3) is 0 Å². The molecule has 136 valence electrons. The molecule has 0 aliphatic heterocycles. The molecule has 0 radical (unpaired) electrons. The first-order valence-corrected chi connectivity index (χ1v) is 11.7. The molecule has 0 fully saturated rings. The van der Waals surface area contributed by atoms with Crippen molar-refractivity contribution in [3.8, 4) is 0 Å². The van der Waals surface area contributed by atoms with Gasteiger partial charge >= 0.3 is 0 Å². The third kappa shape index (κ3) is 5.59. The number of hydrogen-bond acceptors (Lipinski definition) is 4. The lowest BCUT2D eigenvalue weighted by Gasteiger charge is -2.25. The predicted molar refractivity (Wildman–Crippen MR) is 110 cm³/mol. The molecule has 0 saturated heterocycles. The summed E-state index contributed by atoms with van der Waals surface area (Å²) < 4.78 is 10.2. The van der Waals surface area contributed by atoms with Crippen LogP contribution in [0.15, 0.2) is 48.5 Å². The molecule has 2 rings (SSSR count). The van der Waals surface area contributed by atoms with E-state index in [4.69, 9.17) is 9.47 Å². The van der Waals surface area contributed by atoms with Crippen molar-refractivity contribution in [2.24, 2.45) is 0 Å². The Hall–Kier alpha value is -1.82. The average molecular weight is 359 g/mol. The van der Waals surface area contributed by atoms with Gasteiger partial charge in [0.05, 0.1) is 13.2 Å². The van der Waals surface area contributed by atoms with E-state index in [9.17, 15) is 0 Å². The van der Waals surface area contributed by atoms with Crippen LogP contribution in [-0.4, -0.2) is 48.6 Å². The molecule has 5 heteroatoms. The summed E-state index contributed by atoms with van der Waals surface area (Å²) in [6, 6.07) is 17.6. The highest BCUT2D eigenvalue weighted by atomic mass is 28.3. The molecule has 2 aromatic carbocycles. The summed E-state index contributed by atoms with van der Waals surface area (Å²) in [5, 5.41) is 9.69. The number of hydrogen-bond donors (Lipinski definition) is 2. The fraction of sp³-hybridized carbons (Fsp3) is 0.400. The number of methoxy groups -OCH3 is 2. The molecule has 0 amide bonds. The Bertz CT molecular complexity index is 606. The van der Waals surface area contributed by atoms with E-state index in [-0.39, 0.29) is 0 Å². The third-order valence-corrected chi connectivity index (χ3v) is 7.95. The van der Waals surface area contributed by atoms with Crippen molar-refractivity contribution >= 4 is 29.8 Å². The number of anilines is 2. The lowest BCUT2D eigenvalue weighted by molar-refractivity contribution is 0.210. The molecule has 25 heavy (non-hydrogen) atoms. The Balaban J connectivity index is 2.17. The summed E-state index contributed by atoms with van der Waals surface area (Å²) in [5.41, 5.74) is 2.31. The summed E-state index contributed by atoms with van der Waals surface area (Å²) in [4.78, 5) is 0. The zero-order chi connectivity index (χ0) is 18.1. The maximum atomic E-state index is 5.11. The second kappa shape index (κ2) is 9.61. The van der Waals surface area contributed by atoms with Crippen LogP contribution >= 0.6 is 0 Å². The quantitative estimate of drug-likeness (QED) is 0.506. The van der Waals surface area contributed by atoms with Gasteiger partial charge in [0, 0.05) is 38.7 Å². The van der Waals surface area contributed by atoms with Gasteiger partial charge in [-0.1, -0.05) is 47.7 Å². The monoisotopic (exact) mass is 358 g/mol. The number of ether oxygens (including phenoxy) is 2. The Labute approximate surface area is 152 Å². The van der Waals surface area contributed by atoms with Gasteiger partial charge in [-0.2, -0.15) is 0 Å². The second-order valence-corrected chi connectivity index (χ2v) is 11.0.